The third-order valence-electron chi connectivity index (χ3n) is 5.17. The van der Waals surface area contributed by atoms with Crippen molar-refractivity contribution in [2.24, 2.45) is 0 Å². The molecule has 0 bridgehead atoms. The van der Waals surface area contributed by atoms with Crippen molar-refractivity contribution in [1.82, 2.24) is 4.57 Å². The van der Waals surface area contributed by atoms with Crippen LogP contribution in [-0.4, -0.2) is 10.5 Å². The molecule has 4 nitrogen and oxygen atoms in total. The number of hydrogen-bond acceptors (Lipinski definition) is 2. The fraction of sp³-hybridized carbons (Fsp3) is 0.280. The summed E-state index contributed by atoms with van der Waals surface area (Å²) in [6, 6.07) is 18.7. The maximum absolute atomic E-state index is 13.2. The average molecular weight is 423 g/mol. The molecule has 5 heteroatoms. The first kappa shape index (κ1) is 21.8. The lowest BCUT2D eigenvalue weighted by molar-refractivity contribution is 0.102. The van der Waals surface area contributed by atoms with Crippen molar-refractivity contribution < 1.29 is 4.79 Å². The molecule has 1 heterocycles. The zero-order valence-corrected chi connectivity index (χ0v) is 18.2. The van der Waals surface area contributed by atoms with E-state index in [1.54, 1.807) is 30.3 Å². The zero-order chi connectivity index (χ0) is 21.5. The van der Waals surface area contributed by atoms with E-state index >= 15 is 0 Å². The van der Waals surface area contributed by atoms with Crippen LogP contribution in [0.15, 0.2) is 65.5 Å². The molecule has 0 unspecified atom stereocenters. The minimum absolute atomic E-state index is 0.205. The largest absolute Gasteiger partial charge is 0.343 e. The van der Waals surface area contributed by atoms with Gasteiger partial charge in [-0.1, -0.05) is 74.3 Å². The fourth-order valence-electron chi connectivity index (χ4n) is 3.60. The number of carbonyl (C=O) groups is 1. The highest BCUT2D eigenvalue weighted by molar-refractivity contribution is 6.33. The Morgan fingerprint density at radius 1 is 1.03 bits per heavy atom. The van der Waals surface area contributed by atoms with Crippen LogP contribution >= 0.6 is 11.6 Å². The molecular weight excluding hydrogens is 396 g/mol. The Bertz CT molecular complexity index is 1070. The van der Waals surface area contributed by atoms with Crippen molar-refractivity contribution in [2.45, 2.75) is 46.1 Å². The van der Waals surface area contributed by atoms with Gasteiger partial charge in [-0.2, -0.15) is 0 Å². The van der Waals surface area contributed by atoms with E-state index in [1.807, 2.05) is 25.1 Å². The van der Waals surface area contributed by atoms with Gasteiger partial charge in [0.25, 0.3) is 5.91 Å². The number of hydrogen-bond donors (Lipinski definition) is 1. The number of nitrogens with one attached hydrogen (secondary N) is 1. The van der Waals surface area contributed by atoms with Gasteiger partial charge < -0.3 is 9.88 Å². The number of aryl methyl sites for hydroxylation is 1. The molecule has 30 heavy (non-hydrogen) atoms. The maximum Gasteiger partial charge on any atom is 0.261 e. The van der Waals surface area contributed by atoms with Gasteiger partial charge in [0.1, 0.15) is 5.56 Å². The first-order chi connectivity index (χ1) is 14.5. The van der Waals surface area contributed by atoms with E-state index in [4.69, 9.17) is 11.6 Å². The summed E-state index contributed by atoms with van der Waals surface area (Å²) in [5.74, 6) is -0.413. The molecule has 0 saturated carbocycles. The molecule has 0 saturated heterocycles. The molecule has 1 N–H and O–H groups in total. The van der Waals surface area contributed by atoms with Crippen molar-refractivity contribution in [3.05, 3.63) is 98.4 Å². The first-order valence-electron chi connectivity index (χ1n) is 10.4. The number of carbonyl (C=O) groups excluding carboxylic acids is 1. The van der Waals surface area contributed by atoms with Gasteiger partial charge in [0, 0.05) is 24.0 Å². The van der Waals surface area contributed by atoms with Gasteiger partial charge in [-0.05, 0) is 37.0 Å². The summed E-state index contributed by atoms with van der Waals surface area (Å²) in [6.07, 6.45) is 3.25. The number of para-hydroxylation sites is 1. The van der Waals surface area contributed by atoms with Crippen LogP contribution in [0.1, 0.15) is 54.0 Å². The van der Waals surface area contributed by atoms with E-state index in [2.05, 4.69) is 28.9 Å². The van der Waals surface area contributed by atoms with E-state index in [1.165, 1.54) is 0 Å². The van der Waals surface area contributed by atoms with Gasteiger partial charge in [0.15, 0.2) is 5.43 Å². The molecule has 3 rings (SSSR count). The van der Waals surface area contributed by atoms with Crippen LogP contribution in [-0.2, 0) is 19.4 Å². The van der Waals surface area contributed by atoms with Crippen LogP contribution in [0, 0.1) is 0 Å². The van der Waals surface area contributed by atoms with Crippen LogP contribution in [0.25, 0.3) is 0 Å². The number of nitrogens with zero attached hydrogens (tertiary/aromatic N) is 1. The number of rotatable bonds is 8. The van der Waals surface area contributed by atoms with Crippen molar-refractivity contribution in [3.63, 3.8) is 0 Å². The summed E-state index contributed by atoms with van der Waals surface area (Å²) in [6.45, 7) is 4.76. The molecule has 0 aliphatic heterocycles. The average Bonchev–Trinajstić information content (AvgIpc) is 2.75. The fourth-order valence-corrected chi connectivity index (χ4v) is 3.79. The van der Waals surface area contributed by atoms with Gasteiger partial charge >= 0.3 is 0 Å². The van der Waals surface area contributed by atoms with Crippen molar-refractivity contribution >= 4 is 23.2 Å². The Kier molecular flexibility index (Phi) is 7.47. The summed E-state index contributed by atoms with van der Waals surface area (Å²) < 4.78 is 2.13. The number of unbranched alkanes of at least 4 members (excludes halogenated alkanes) is 1. The third-order valence-corrected chi connectivity index (χ3v) is 5.50. The number of halogens is 1. The highest BCUT2D eigenvalue weighted by Crippen LogP contribution is 2.22. The monoisotopic (exact) mass is 422 g/mol. The minimum Gasteiger partial charge on any atom is -0.343 e. The second-order valence-electron chi connectivity index (χ2n) is 7.28. The van der Waals surface area contributed by atoms with Crippen LogP contribution < -0.4 is 10.7 Å². The standard InChI is InChI=1S/C25H27ClN2O2/c1-3-5-15-22-24(25(30)27-21-14-10-9-13-20(21)26)23(29)16-19(4-2)28(22)17-18-11-7-6-8-12-18/h6-14,16H,3-5,15,17H2,1-2H3,(H,27,30). The molecule has 1 amide bonds. The van der Waals surface area contributed by atoms with Gasteiger partial charge in [0.05, 0.1) is 10.7 Å². The van der Waals surface area contributed by atoms with E-state index in [9.17, 15) is 9.59 Å². The third kappa shape index (κ3) is 5.00. The predicted octanol–water partition coefficient (Wildman–Crippen LogP) is 5.71. The van der Waals surface area contributed by atoms with E-state index in [0.29, 0.717) is 30.1 Å². The SMILES string of the molecule is CCCCc1c(C(=O)Nc2ccccc2Cl)c(=O)cc(CC)n1Cc1ccccc1. The van der Waals surface area contributed by atoms with Gasteiger partial charge in [-0.3, -0.25) is 9.59 Å². The number of anilines is 1. The lowest BCUT2D eigenvalue weighted by Gasteiger charge is -2.21. The normalized spacial score (nSPS) is 10.8. The second-order valence-corrected chi connectivity index (χ2v) is 7.69. The molecule has 0 spiro atoms. The second kappa shape index (κ2) is 10.3. The number of pyridine rings is 1. The minimum atomic E-state index is -0.413. The zero-order valence-electron chi connectivity index (χ0n) is 17.5. The van der Waals surface area contributed by atoms with Gasteiger partial charge in [0.2, 0.25) is 0 Å². The number of benzene rings is 2. The Labute approximate surface area is 182 Å². The topological polar surface area (TPSA) is 51.1 Å². The maximum atomic E-state index is 13.2. The highest BCUT2D eigenvalue weighted by atomic mass is 35.5. The Hall–Kier alpha value is -2.85. The summed E-state index contributed by atoms with van der Waals surface area (Å²) in [5, 5.41) is 3.27. The van der Waals surface area contributed by atoms with Crippen molar-refractivity contribution in [3.8, 4) is 0 Å². The molecule has 0 radical (unpaired) electrons. The molecule has 0 aliphatic rings. The number of amides is 1. The Morgan fingerprint density at radius 2 is 1.73 bits per heavy atom. The summed E-state index contributed by atoms with van der Waals surface area (Å²) >= 11 is 6.21. The summed E-state index contributed by atoms with van der Waals surface area (Å²) in [4.78, 5) is 26.2. The molecule has 1 aromatic heterocycles. The van der Waals surface area contributed by atoms with Crippen molar-refractivity contribution in [2.75, 3.05) is 5.32 Å². The Morgan fingerprint density at radius 3 is 2.40 bits per heavy atom. The van der Waals surface area contributed by atoms with Crippen LogP contribution in [0.5, 0.6) is 0 Å². The summed E-state index contributed by atoms with van der Waals surface area (Å²) in [5.41, 5.74) is 3.31. The van der Waals surface area contributed by atoms with Crippen molar-refractivity contribution in [1.29, 1.82) is 0 Å². The Balaban J connectivity index is 2.10. The van der Waals surface area contributed by atoms with Gasteiger partial charge in [-0.15, -0.1) is 0 Å². The first-order valence-corrected chi connectivity index (χ1v) is 10.8. The highest BCUT2D eigenvalue weighted by Gasteiger charge is 2.21. The summed E-state index contributed by atoms with van der Waals surface area (Å²) in [7, 11) is 0. The van der Waals surface area contributed by atoms with Gasteiger partial charge in [-0.25, -0.2) is 0 Å². The smallest absolute Gasteiger partial charge is 0.261 e. The molecule has 0 aliphatic carbocycles. The quantitative estimate of drug-likeness (QED) is 0.505. The molecule has 2 aromatic carbocycles. The van der Waals surface area contributed by atoms with E-state index in [0.717, 1.165) is 29.8 Å². The lowest BCUT2D eigenvalue weighted by Crippen LogP contribution is -2.29. The van der Waals surface area contributed by atoms with Crippen LogP contribution in [0.2, 0.25) is 5.02 Å². The number of aromatic nitrogens is 1. The molecule has 156 valence electrons. The van der Waals surface area contributed by atoms with Crippen LogP contribution in [0.3, 0.4) is 0 Å². The predicted molar refractivity (Wildman–Crippen MR) is 124 cm³/mol. The molecular formula is C25H27ClN2O2. The molecule has 0 atom stereocenters. The molecule has 3 aromatic rings. The van der Waals surface area contributed by atoms with Crippen LogP contribution in [0.4, 0.5) is 5.69 Å². The van der Waals surface area contributed by atoms with E-state index in [-0.39, 0.29) is 11.0 Å². The lowest BCUT2D eigenvalue weighted by atomic mass is 10.0. The van der Waals surface area contributed by atoms with E-state index < -0.39 is 5.91 Å². The molecule has 0 fully saturated rings.